The highest BCUT2D eigenvalue weighted by Crippen LogP contribution is 2.33. The zero-order chi connectivity index (χ0) is 16.2. The zero-order valence-corrected chi connectivity index (χ0v) is 10.5. The van der Waals surface area contributed by atoms with Gasteiger partial charge in [-0.3, -0.25) is 19.7 Å². The van der Waals surface area contributed by atoms with E-state index in [1.165, 1.54) is 6.92 Å². The van der Waals surface area contributed by atoms with E-state index in [4.69, 9.17) is 0 Å². The van der Waals surface area contributed by atoms with Crippen molar-refractivity contribution in [2.75, 3.05) is 6.61 Å². The van der Waals surface area contributed by atoms with Crippen molar-refractivity contribution in [3.8, 4) is 5.75 Å². The third-order valence-corrected chi connectivity index (χ3v) is 2.09. The molecule has 0 aliphatic heterocycles. The zero-order valence-electron chi connectivity index (χ0n) is 10.5. The molecule has 0 unspecified atom stereocenters. The molecule has 11 heteroatoms. The second-order valence-electron chi connectivity index (χ2n) is 3.61. The van der Waals surface area contributed by atoms with Gasteiger partial charge in [-0.25, -0.2) is 0 Å². The summed E-state index contributed by atoms with van der Waals surface area (Å²) in [7, 11) is 0. The average molecular weight is 310 g/mol. The molecule has 0 amide bonds. The van der Waals surface area contributed by atoms with Crippen LogP contribution in [-0.4, -0.2) is 28.8 Å². The second-order valence-corrected chi connectivity index (χ2v) is 3.61. The third kappa shape index (κ3) is 4.78. The SMILES string of the molecule is CCOC(=O)Cc1[nH]c(=O)cc([N+](=O)[O-])c1OC(F)(F)F. The largest absolute Gasteiger partial charge is 0.573 e. The van der Waals surface area contributed by atoms with Gasteiger partial charge in [0.25, 0.3) is 5.56 Å². The summed E-state index contributed by atoms with van der Waals surface area (Å²) in [6, 6.07) is 0.329. The fourth-order valence-corrected chi connectivity index (χ4v) is 1.43. The van der Waals surface area contributed by atoms with Crippen molar-refractivity contribution in [1.29, 1.82) is 0 Å². The maximum atomic E-state index is 12.3. The summed E-state index contributed by atoms with van der Waals surface area (Å²) in [4.78, 5) is 33.9. The lowest BCUT2D eigenvalue weighted by atomic mass is 10.2. The van der Waals surface area contributed by atoms with E-state index >= 15 is 0 Å². The number of carbonyl (C=O) groups is 1. The highest BCUT2D eigenvalue weighted by Gasteiger charge is 2.37. The van der Waals surface area contributed by atoms with E-state index < -0.39 is 46.4 Å². The number of H-pyrrole nitrogens is 1. The van der Waals surface area contributed by atoms with Crippen molar-refractivity contribution >= 4 is 11.7 Å². The maximum absolute atomic E-state index is 12.3. The van der Waals surface area contributed by atoms with Gasteiger partial charge in [-0.05, 0) is 6.92 Å². The predicted molar refractivity (Wildman–Crippen MR) is 60.7 cm³/mol. The lowest BCUT2D eigenvalue weighted by Crippen LogP contribution is -2.23. The van der Waals surface area contributed by atoms with Crippen LogP contribution in [0.1, 0.15) is 12.6 Å². The number of halogens is 3. The first-order valence-electron chi connectivity index (χ1n) is 5.46. The number of ether oxygens (including phenoxy) is 2. The number of hydrogen-bond acceptors (Lipinski definition) is 6. The Hall–Kier alpha value is -2.59. The lowest BCUT2D eigenvalue weighted by Gasteiger charge is -2.12. The lowest BCUT2D eigenvalue weighted by molar-refractivity contribution is -0.388. The summed E-state index contributed by atoms with van der Waals surface area (Å²) in [6.45, 7) is 1.41. The van der Waals surface area contributed by atoms with E-state index in [9.17, 15) is 32.9 Å². The van der Waals surface area contributed by atoms with Crippen LogP contribution in [0.2, 0.25) is 0 Å². The van der Waals surface area contributed by atoms with Crippen LogP contribution in [0.25, 0.3) is 0 Å². The van der Waals surface area contributed by atoms with Crippen LogP contribution in [0.3, 0.4) is 0 Å². The summed E-state index contributed by atoms with van der Waals surface area (Å²) >= 11 is 0. The molecule has 0 saturated heterocycles. The average Bonchev–Trinajstić information content (AvgIpc) is 2.30. The summed E-state index contributed by atoms with van der Waals surface area (Å²) in [6.07, 6.45) is -6.04. The minimum Gasteiger partial charge on any atom is -0.466 e. The number of carbonyl (C=O) groups excluding carboxylic acids is 1. The fraction of sp³-hybridized carbons (Fsp3) is 0.400. The molecule has 0 radical (unpaired) electrons. The van der Waals surface area contributed by atoms with Crippen LogP contribution in [0, 0.1) is 10.1 Å². The molecule has 116 valence electrons. The second kappa shape index (κ2) is 6.24. The standard InChI is InChI=1S/C10H9F3N2O6/c1-2-20-8(17)3-5-9(21-10(11,12)13)6(15(18)19)4-7(16)14-5/h4H,2-3H2,1H3,(H,14,16). The van der Waals surface area contributed by atoms with Gasteiger partial charge in [0.1, 0.15) is 0 Å². The van der Waals surface area contributed by atoms with Crippen LogP contribution >= 0.6 is 0 Å². The molecular formula is C10H9F3N2O6. The van der Waals surface area contributed by atoms with Gasteiger partial charge < -0.3 is 14.5 Å². The van der Waals surface area contributed by atoms with Crippen LogP contribution < -0.4 is 10.3 Å². The Morgan fingerprint density at radius 1 is 1.48 bits per heavy atom. The molecule has 1 aromatic heterocycles. The van der Waals surface area contributed by atoms with Gasteiger partial charge in [0.15, 0.2) is 0 Å². The summed E-state index contributed by atoms with van der Waals surface area (Å²) in [5.41, 5.74) is -2.93. The molecule has 0 fully saturated rings. The topological polar surface area (TPSA) is 112 Å². The van der Waals surface area contributed by atoms with Crippen molar-refractivity contribution in [3.05, 3.63) is 32.2 Å². The quantitative estimate of drug-likeness (QED) is 0.498. The minimum absolute atomic E-state index is 0.0482. The number of hydrogen-bond donors (Lipinski definition) is 1. The Morgan fingerprint density at radius 2 is 2.10 bits per heavy atom. The van der Waals surface area contributed by atoms with Gasteiger partial charge in [0, 0.05) is 0 Å². The molecule has 0 aromatic carbocycles. The molecular weight excluding hydrogens is 301 g/mol. The Balaban J connectivity index is 3.35. The molecule has 1 aromatic rings. The van der Waals surface area contributed by atoms with Gasteiger partial charge in [0.2, 0.25) is 5.75 Å². The summed E-state index contributed by atoms with van der Waals surface area (Å²) < 4.78 is 44.9. The van der Waals surface area contributed by atoms with Gasteiger partial charge in [0.05, 0.1) is 29.7 Å². The number of rotatable bonds is 5. The van der Waals surface area contributed by atoms with E-state index in [0.29, 0.717) is 6.07 Å². The van der Waals surface area contributed by atoms with Crippen molar-refractivity contribution in [2.24, 2.45) is 0 Å². The van der Waals surface area contributed by atoms with E-state index in [2.05, 4.69) is 9.47 Å². The molecule has 21 heavy (non-hydrogen) atoms. The highest BCUT2D eigenvalue weighted by molar-refractivity contribution is 5.73. The van der Waals surface area contributed by atoms with E-state index in [-0.39, 0.29) is 6.61 Å². The fourth-order valence-electron chi connectivity index (χ4n) is 1.43. The monoisotopic (exact) mass is 310 g/mol. The number of aromatic amines is 1. The van der Waals surface area contributed by atoms with Crippen molar-refractivity contribution in [3.63, 3.8) is 0 Å². The van der Waals surface area contributed by atoms with Crippen LogP contribution in [-0.2, 0) is 16.0 Å². The first-order chi connectivity index (χ1) is 9.64. The van der Waals surface area contributed by atoms with E-state index in [1.807, 2.05) is 4.98 Å². The van der Waals surface area contributed by atoms with Crippen molar-refractivity contribution in [2.45, 2.75) is 19.7 Å². The van der Waals surface area contributed by atoms with E-state index in [0.717, 1.165) is 0 Å². The third-order valence-electron chi connectivity index (χ3n) is 2.09. The maximum Gasteiger partial charge on any atom is 0.573 e. The van der Waals surface area contributed by atoms with Gasteiger partial charge in [-0.1, -0.05) is 0 Å². The molecule has 0 spiro atoms. The van der Waals surface area contributed by atoms with Crippen molar-refractivity contribution in [1.82, 2.24) is 4.98 Å². The first kappa shape index (κ1) is 16.5. The van der Waals surface area contributed by atoms with Crippen LogP contribution in [0.15, 0.2) is 10.9 Å². The van der Waals surface area contributed by atoms with E-state index in [1.54, 1.807) is 0 Å². The molecule has 1 N–H and O–H groups in total. The number of nitrogens with zero attached hydrogens (tertiary/aromatic N) is 1. The molecule has 0 saturated carbocycles. The molecule has 1 rings (SSSR count). The molecule has 0 aliphatic rings. The van der Waals surface area contributed by atoms with Crippen LogP contribution in [0.5, 0.6) is 5.75 Å². The molecule has 0 atom stereocenters. The number of alkyl halides is 3. The van der Waals surface area contributed by atoms with Gasteiger partial charge >= 0.3 is 18.0 Å². The van der Waals surface area contributed by atoms with Crippen LogP contribution in [0.4, 0.5) is 18.9 Å². The molecule has 0 aliphatic carbocycles. The number of pyridine rings is 1. The Morgan fingerprint density at radius 3 is 2.57 bits per heavy atom. The smallest absolute Gasteiger partial charge is 0.466 e. The first-order valence-corrected chi connectivity index (χ1v) is 5.46. The number of nitrogens with one attached hydrogen (secondary N) is 1. The van der Waals surface area contributed by atoms with Crippen molar-refractivity contribution < 1.29 is 32.4 Å². The minimum atomic E-state index is -5.23. The molecule has 0 bridgehead atoms. The number of esters is 1. The number of aromatic nitrogens is 1. The van der Waals surface area contributed by atoms with Gasteiger partial charge in [-0.15, -0.1) is 13.2 Å². The summed E-state index contributed by atoms with van der Waals surface area (Å²) in [5.74, 6) is -2.22. The molecule has 8 nitrogen and oxygen atoms in total. The number of nitro groups is 1. The normalized spacial score (nSPS) is 11.0. The Labute approximate surface area is 114 Å². The molecule has 1 heterocycles. The summed E-state index contributed by atoms with van der Waals surface area (Å²) in [5, 5.41) is 10.7. The van der Waals surface area contributed by atoms with Gasteiger partial charge in [-0.2, -0.15) is 0 Å². The Bertz CT molecular complexity index is 610. The Kier molecular flexibility index (Phi) is 4.89. The highest BCUT2D eigenvalue weighted by atomic mass is 19.4. The predicted octanol–water partition coefficient (Wildman–Crippen LogP) is 1.29.